The molecule has 0 fully saturated rings. The summed E-state index contributed by atoms with van der Waals surface area (Å²) in [6, 6.07) is 8.47. The molecule has 2 aromatic heterocycles. The zero-order valence-corrected chi connectivity index (χ0v) is 17.5. The van der Waals surface area contributed by atoms with Gasteiger partial charge in [-0.05, 0) is 38.2 Å². The van der Waals surface area contributed by atoms with Gasteiger partial charge in [-0.15, -0.1) is 11.3 Å². The molecule has 0 saturated carbocycles. The Bertz CT molecular complexity index is 1170. The van der Waals surface area contributed by atoms with Crippen LogP contribution in [0.15, 0.2) is 46.3 Å². The standard InChI is InChI=1S/C19H22N4O3S2/c1-21(2)10-11-22-13-20-18-17(19(22)24)15-8-9-23(12-16(15)27-18)28(25,26)14-6-4-3-5-7-14/h3-7,13H,8-12H2,1-2H3. The number of fused-ring (bicyclic) bond motifs is 3. The Kier molecular flexibility index (Phi) is 5.09. The Hall–Kier alpha value is -2.07. The third-order valence-electron chi connectivity index (χ3n) is 4.96. The van der Waals surface area contributed by atoms with E-state index in [0.717, 1.165) is 17.0 Å². The van der Waals surface area contributed by atoms with E-state index in [1.165, 1.54) is 15.6 Å². The van der Waals surface area contributed by atoms with Crippen LogP contribution in [0.4, 0.5) is 0 Å². The molecule has 0 atom stereocenters. The summed E-state index contributed by atoms with van der Waals surface area (Å²) < 4.78 is 29.0. The van der Waals surface area contributed by atoms with Gasteiger partial charge < -0.3 is 4.90 Å². The first-order valence-corrected chi connectivity index (χ1v) is 11.3. The quantitative estimate of drug-likeness (QED) is 0.631. The maximum atomic E-state index is 13.0. The minimum absolute atomic E-state index is 0.0382. The number of rotatable bonds is 5. The predicted molar refractivity (Wildman–Crippen MR) is 110 cm³/mol. The minimum atomic E-state index is -3.55. The van der Waals surface area contributed by atoms with Crippen LogP contribution in [0.25, 0.3) is 10.2 Å². The largest absolute Gasteiger partial charge is 0.308 e. The molecule has 0 aliphatic carbocycles. The Labute approximate surface area is 167 Å². The summed E-state index contributed by atoms with van der Waals surface area (Å²) in [6.45, 7) is 1.98. The average molecular weight is 419 g/mol. The van der Waals surface area contributed by atoms with Crippen LogP contribution in [-0.2, 0) is 29.5 Å². The van der Waals surface area contributed by atoms with E-state index in [1.807, 2.05) is 19.0 Å². The highest BCUT2D eigenvalue weighted by molar-refractivity contribution is 7.89. The Morgan fingerprint density at radius 1 is 1.21 bits per heavy atom. The molecule has 0 radical (unpaired) electrons. The zero-order valence-electron chi connectivity index (χ0n) is 15.8. The molecular formula is C19H22N4O3S2. The third kappa shape index (κ3) is 3.39. The summed E-state index contributed by atoms with van der Waals surface area (Å²) in [4.78, 5) is 21.3. The van der Waals surface area contributed by atoms with Gasteiger partial charge in [0.15, 0.2) is 0 Å². The van der Waals surface area contributed by atoms with Gasteiger partial charge in [-0.2, -0.15) is 4.31 Å². The fraction of sp³-hybridized carbons (Fsp3) is 0.368. The van der Waals surface area contributed by atoms with Crippen LogP contribution in [-0.4, -0.2) is 54.4 Å². The second-order valence-corrected chi connectivity index (χ2v) is 10.2. The highest BCUT2D eigenvalue weighted by atomic mass is 32.2. The number of aromatic nitrogens is 2. The van der Waals surface area contributed by atoms with Crippen LogP contribution in [0.1, 0.15) is 10.4 Å². The van der Waals surface area contributed by atoms with Crippen molar-refractivity contribution in [2.24, 2.45) is 0 Å². The lowest BCUT2D eigenvalue weighted by atomic mass is 10.1. The molecule has 148 valence electrons. The molecule has 1 aliphatic heterocycles. The van der Waals surface area contributed by atoms with Crippen LogP contribution in [0, 0.1) is 0 Å². The number of hydrogen-bond acceptors (Lipinski definition) is 6. The van der Waals surface area contributed by atoms with Crippen molar-refractivity contribution < 1.29 is 8.42 Å². The second kappa shape index (κ2) is 7.40. The van der Waals surface area contributed by atoms with Crippen LogP contribution < -0.4 is 5.56 Å². The molecule has 0 bridgehead atoms. The van der Waals surface area contributed by atoms with Gasteiger partial charge in [-0.25, -0.2) is 13.4 Å². The van der Waals surface area contributed by atoms with Gasteiger partial charge in [-0.1, -0.05) is 18.2 Å². The van der Waals surface area contributed by atoms with Crippen molar-refractivity contribution in [3.63, 3.8) is 0 Å². The summed E-state index contributed by atoms with van der Waals surface area (Å²) in [6.07, 6.45) is 2.12. The van der Waals surface area contributed by atoms with E-state index < -0.39 is 10.0 Å². The summed E-state index contributed by atoms with van der Waals surface area (Å²) >= 11 is 1.42. The molecule has 0 unspecified atom stereocenters. The first-order chi connectivity index (χ1) is 13.4. The number of nitrogens with zero attached hydrogens (tertiary/aromatic N) is 4. The smallest absolute Gasteiger partial charge is 0.262 e. The first kappa shape index (κ1) is 19.3. The SMILES string of the molecule is CN(C)CCn1cnc2sc3c(c2c1=O)CCN(S(=O)(=O)c1ccccc1)C3. The van der Waals surface area contributed by atoms with E-state index in [1.54, 1.807) is 41.2 Å². The maximum absolute atomic E-state index is 13.0. The number of likely N-dealkylation sites (N-methyl/N-ethyl adjacent to an activating group) is 1. The monoisotopic (exact) mass is 418 g/mol. The highest BCUT2D eigenvalue weighted by Gasteiger charge is 2.31. The van der Waals surface area contributed by atoms with Gasteiger partial charge in [-0.3, -0.25) is 9.36 Å². The lowest BCUT2D eigenvalue weighted by Gasteiger charge is -2.26. The van der Waals surface area contributed by atoms with Gasteiger partial charge in [0, 0.05) is 31.1 Å². The molecule has 1 aromatic carbocycles. The Balaban J connectivity index is 1.69. The van der Waals surface area contributed by atoms with Gasteiger partial charge >= 0.3 is 0 Å². The summed E-state index contributed by atoms with van der Waals surface area (Å²) in [5.74, 6) is 0. The molecule has 3 aromatic rings. The van der Waals surface area contributed by atoms with Crippen molar-refractivity contribution in [3.8, 4) is 0 Å². The minimum Gasteiger partial charge on any atom is -0.308 e. The summed E-state index contributed by atoms with van der Waals surface area (Å²) in [5.41, 5.74) is 0.917. The third-order valence-corrected chi connectivity index (χ3v) is 7.95. The summed E-state index contributed by atoms with van der Waals surface area (Å²) in [7, 11) is 0.379. The molecule has 7 nitrogen and oxygen atoms in total. The molecule has 28 heavy (non-hydrogen) atoms. The normalized spacial score (nSPS) is 15.2. The average Bonchev–Trinajstić information content (AvgIpc) is 3.06. The molecule has 0 saturated heterocycles. The fourth-order valence-electron chi connectivity index (χ4n) is 3.41. The van der Waals surface area contributed by atoms with E-state index in [-0.39, 0.29) is 12.1 Å². The van der Waals surface area contributed by atoms with Crippen LogP contribution >= 0.6 is 11.3 Å². The number of sulfonamides is 1. The van der Waals surface area contributed by atoms with E-state index in [9.17, 15) is 13.2 Å². The molecule has 3 heterocycles. The zero-order chi connectivity index (χ0) is 19.9. The molecular weight excluding hydrogens is 396 g/mol. The van der Waals surface area contributed by atoms with Crippen molar-refractivity contribution in [1.82, 2.24) is 18.8 Å². The predicted octanol–water partition coefficient (Wildman–Crippen LogP) is 1.77. The van der Waals surface area contributed by atoms with E-state index in [2.05, 4.69) is 4.98 Å². The van der Waals surface area contributed by atoms with Crippen molar-refractivity contribution in [1.29, 1.82) is 0 Å². The number of benzene rings is 1. The van der Waals surface area contributed by atoms with Gasteiger partial charge in [0.2, 0.25) is 10.0 Å². The van der Waals surface area contributed by atoms with Gasteiger partial charge in [0.05, 0.1) is 16.6 Å². The second-order valence-electron chi connectivity index (χ2n) is 7.13. The van der Waals surface area contributed by atoms with Crippen molar-refractivity contribution >= 4 is 31.6 Å². The molecule has 0 spiro atoms. The van der Waals surface area contributed by atoms with Crippen molar-refractivity contribution in [2.45, 2.75) is 24.4 Å². The van der Waals surface area contributed by atoms with E-state index >= 15 is 0 Å². The topological polar surface area (TPSA) is 75.5 Å². The lowest BCUT2D eigenvalue weighted by Crippen LogP contribution is -2.35. The van der Waals surface area contributed by atoms with Crippen molar-refractivity contribution in [2.75, 3.05) is 27.2 Å². The van der Waals surface area contributed by atoms with Crippen LogP contribution in [0.2, 0.25) is 0 Å². The van der Waals surface area contributed by atoms with Crippen LogP contribution in [0.5, 0.6) is 0 Å². The van der Waals surface area contributed by atoms with Crippen LogP contribution in [0.3, 0.4) is 0 Å². The van der Waals surface area contributed by atoms with Crippen molar-refractivity contribution in [3.05, 3.63) is 57.5 Å². The Morgan fingerprint density at radius 2 is 1.96 bits per heavy atom. The first-order valence-electron chi connectivity index (χ1n) is 9.07. The molecule has 9 heteroatoms. The molecule has 4 rings (SSSR count). The number of hydrogen-bond donors (Lipinski definition) is 0. The Morgan fingerprint density at radius 3 is 2.68 bits per heavy atom. The maximum Gasteiger partial charge on any atom is 0.262 e. The summed E-state index contributed by atoms with van der Waals surface area (Å²) in [5, 5.41) is 0.651. The van der Waals surface area contributed by atoms with Gasteiger partial charge in [0.1, 0.15) is 4.83 Å². The van der Waals surface area contributed by atoms with Gasteiger partial charge in [0.25, 0.3) is 5.56 Å². The fourth-order valence-corrected chi connectivity index (χ4v) is 6.11. The lowest BCUT2D eigenvalue weighted by molar-refractivity contribution is 0.380. The van der Waals surface area contributed by atoms with E-state index in [0.29, 0.717) is 34.6 Å². The van der Waals surface area contributed by atoms with E-state index in [4.69, 9.17) is 0 Å². The molecule has 1 aliphatic rings. The molecule has 0 amide bonds. The molecule has 0 N–H and O–H groups in total. The number of thiophene rings is 1. The highest BCUT2D eigenvalue weighted by Crippen LogP contribution is 2.34.